The van der Waals surface area contributed by atoms with Crippen molar-refractivity contribution >= 4 is 11.8 Å². The Morgan fingerprint density at radius 3 is 2.95 bits per heavy atom. The van der Waals surface area contributed by atoms with Crippen LogP contribution in [-0.2, 0) is 5.75 Å². The summed E-state index contributed by atoms with van der Waals surface area (Å²) >= 11 is 2.00. The van der Waals surface area contributed by atoms with Gasteiger partial charge in [0.2, 0.25) is 5.89 Å². The molecule has 4 nitrogen and oxygen atoms in total. The smallest absolute Gasteiger partial charge is 0.229 e. The van der Waals surface area contributed by atoms with Gasteiger partial charge in [-0.3, -0.25) is 0 Å². The van der Waals surface area contributed by atoms with Gasteiger partial charge in [-0.2, -0.15) is 16.7 Å². The molecule has 0 radical (unpaired) electrons. The van der Waals surface area contributed by atoms with Gasteiger partial charge in [0.05, 0.1) is 5.75 Å². The van der Waals surface area contributed by atoms with Gasteiger partial charge in [0.15, 0.2) is 5.82 Å². The van der Waals surface area contributed by atoms with Crippen LogP contribution in [0.3, 0.4) is 0 Å². The monoisotopic (exact) mass is 281 g/mol. The van der Waals surface area contributed by atoms with Crippen molar-refractivity contribution in [2.45, 2.75) is 68.4 Å². The van der Waals surface area contributed by atoms with Crippen molar-refractivity contribution in [2.75, 3.05) is 6.54 Å². The molecule has 19 heavy (non-hydrogen) atoms. The Bertz CT molecular complexity index is 403. The summed E-state index contributed by atoms with van der Waals surface area (Å²) in [6.45, 7) is 3.28. The Balaban J connectivity index is 1.53. The molecule has 1 saturated heterocycles. The second kappa shape index (κ2) is 6.27. The molecule has 1 aliphatic heterocycles. The number of hydrogen-bond acceptors (Lipinski definition) is 5. The molecule has 2 unspecified atom stereocenters. The minimum atomic E-state index is 0.453. The van der Waals surface area contributed by atoms with Crippen molar-refractivity contribution in [3.63, 3.8) is 0 Å². The first-order chi connectivity index (χ1) is 9.31. The highest BCUT2D eigenvalue weighted by Crippen LogP contribution is 2.32. The molecule has 0 spiro atoms. The maximum atomic E-state index is 5.47. The minimum Gasteiger partial charge on any atom is -0.339 e. The molecule has 1 aromatic heterocycles. The zero-order valence-corrected chi connectivity index (χ0v) is 12.4. The summed E-state index contributed by atoms with van der Waals surface area (Å²) in [4.78, 5) is 4.60. The van der Waals surface area contributed by atoms with Gasteiger partial charge in [0.1, 0.15) is 0 Å². The molecule has 3 rings (SSSR count). The van der Waals surface area contributed by atoms with Crippen LogP contribution in [0.1, 0.15) is 63.1 Å². The molecule has 5 heteroatoms. The van der Waals surface area contributed by atoms with Crippen LogP contribution in [0.5, 0.6) is 0 Å². The zero-order chi connectivity index (χ0) is 13.1. The molecule has 106 valence electrons. The third-order valence-electron chi connectivity index (χ3n) is 4.21. The van der Waals surface area contributed by atoms with Gasteiger partial charge < -0.3 is 9.84 Å². The first-order valence-corrected chi connectivity index (χ1v) is 8.53. The summed E-state index contributed by atoms with van der Waals surface area (Å²) in [5.41, 5.74) is 0. The van der Waals surface area contributed by atoms with E-state index in [1.807, 2.05) is 11.8 Å². The molecule has 1 aliphatic carbocycles. The molecule has 1 N–H and O–H groups in total. The summed E-state index contributed by atoms with van der Waals surface area (Å²) in [5.74, 6) is 3.11. The fourth-order valence-electron chi connectivity index (χ4n) is 3.10. The van der Waals surface area contributed by atoms with E-state index in [1.165, 1.54) is 25.7 Å². The second-order valence-electron chi connectivity index (χ2n) is 5.84. The predicted octanol–water partition coefficient (Wildman–Crippen LogP) is 3.10. The predicted molar refractivity (Wildman–Crippen MR) is 77.3 cm³/mol. The molecule has 0 amide bonds. The number of piperidine rings is 1. The van der Waals surface area contributed by atoms with E-state index in [0.717, 1.165) is 42.1 Å². The molecule has 2 atom stereocenters. The summed E-state index contributed by atoms with van der Waals surface area (Å²) < 4.78 is 5.47. The molecule has 2 aliphatic rings. The largest absolute Gasteiger partial charge is 0.339 e. The van der Waals surface area contributed by atoms with Crippen molar-refractivity contribution < 1.29 is 4.52 Å². The van der Waals surface area contributed by atoms with E-state index in [2.05, 4.69) is 22.4 Å². The molecule has 0 aromatic carbocycles. The zero-order valence-electron chi connectivity index (χ0n) is 11.6. The van der Waals surface area contributed by atoms with Crippen LogP contribution < -0.4 is 5.32 Å². The van der Waals surface area contributed by atoms with Crippen LogP contribution in [0.4, 0.5) is 0 Å². The van der Waals surface area contributed by atoms with E-state index < -0.39 is 0 Å². The lowest BCUT2D eigenvalue weighted by molar-refractivity contribution is 0.294. The van der Waals surface area contributed by atoms with E-state index in [0.29, 0.717) is 12.0 Å². The molecule has 1 saturated carbocycles. The first kappa shape index (κ1) is 13.4. The highest BCUT2D eigenvalue weighted by Gasteiger charge is 2.25. The number of hydrogen-bond donors (Lipinski definition) is 1. The third kappa shape index (κ3) is 3.51. The van der Waals surface area contributed by atoms with E-state index in [9.17, 15) is 0 Å². The van der Waals surface area contributed by atoms with Crippen LogP contribution in [0.25, 0.3) is 0 Å². The summed E-state index contributed by atoms with van der Waals surface area (Å²) in [7, 11) is 0. The van der Waals surface area contributed by atoms with Crippen molar-refractivity contribution in [2.24, 2.45) is 0 Å². The van der Waals surface area contributed by atoms with Gasteiger partial charge >= 0.3 is 0 Å². The van der Waals surface area contributed by atoms with Crippen LogP contribution in [-0.4, -0.2) is 28.0 Å². The lowest BCUT2D eigenvalue weighted by Gasteiger charge is -2.25. The summed E-state index contributed by atoms with van der Waals surface area (Å²) in [6.07, 6.45) is 7.73. The Morgan fingerprint density at radius 1 is 1.32 bits per heavy atom. The number of nitrogens with zero attached hydrogens (tertiary/aromatic N) is 2. The number of thioether (sulfide) groups is 1. The molecular weight excluding hydrogens is 258 g/mol. The van der Waals surface area contributed by atoms with E-state index in [4.69, 9.17) is 4.52 Å². The highest BCUT2D eigenvalue weighted by molar-refractivity contribution is 7.99. The maximum Gasteiger partial charge on any atom is 0.229 e. The van der Waals surface area contributed by atoms with Crippen molar-refractivity contribution in [1.29, 1.82) is 0 Å². The molecular formula is C14H23N3OS. The van der Waals surface area contributed by atoms with Crippen molar-refractivity contribution in [1.82, 2.24) is 15.5 Å². The van der Waals surface area contributed by atoms with E-state index in [-0.39, 0.29) is 0 Å². The standard InChI is InChI=1S/C14H23N3OS/c1-10-8-11(6-7-15-10)14-16-13(17-18-14)9-19-12-4-2-3-5-12/h10-12,15H,2-9H2,1H3. The summed E-state index contributed by atoms with van der Waals surface area (Å²) in [5, 5.41) is 8.43. The fraction of sp³-hybridized carbons (Fsp3) is 0.857. The number of aromatic nitrogens is 2. The average Bonchev–Trinajstić information content (AvgIpc) is 3.08. The second-order valence-corrected chi connectivity index (χ2v) is 7.13. The van der Waals surface area contributed by atoms with E-state index >= 15 is 0 Å². The van der Waals surface area contributed by atoms with Gasteiger partial charge in [0.25, 0.3) is 0 Å². The SMILES string of the molecule is CC1CC(c2nc(CSC3CCCC3)no2)CCN1. The Kier molecular flexibility index (Phi) is 4.43. The van der Waals surface area contributed by atoms with Gasteiger partial charge in [-0.1, -0.05) is 18.0 Å². The van der Waals surface area contributed by atoms with Crippen LogP contribution in [0.15, 0.2) is 4.52 Å². The number of nitrogens with one attached hydrogen (secondary N) is 1. The third-order valence-corrected chi connectivity index (χ3v) is 5.57. The Labute approximate surface area is 119 Å². The van der Waals surface area contributed by atoms with Crippen molar-refractivity contribution in [3.8, 4) is 0 Å². The van der Waals surface area contributed by atoms with Gasteiger partial charge in [-0.15, -0.1) is 0 Å². The molecule has 0 bridgehead atoms. The Hall–Kier alpha value is -0.550. The average molecular weight is 281 g/mol. The van der Waals surface area contributed by atoms with Crippen LogP contribution in [0, 0.1) is 0 Å². The summed E-state index contributed by atoms with van der Waals surface area (Å²) in [6, 6.07) is 0.557. The number of rotatable bonds is 4. The lowest BCUT2D eigenvalue weighted by atomic mass is 9.93. The maximum absolute atomic E-state index is 5.47. The van der Waals surface area contributed by atoms with E-state index in [1.54, 1.807) is 0 Å². The van der Waals surface area contributed by atoms with Crippen LogP contribution in [0.2, 0.25) is 0 Å². The van der Waals surface area contributed by atoms with Gasteiger partial charge in [-0.25, -0.2) is 0 Å². The normalized spacial score (nSPS) is 28.9. The molecule has 1 aromatic rings. The van der Waals surface area contributed by atoms with Gasteiger partial charge in [-0.05, 0) is 39.2 Å². The quantitative estimate of drug-likeness (QED) is 0.919. The molecule has 2 fully saturated rings. The van der Waals surface area contributed by atoms with Gasteiger partial charge in [0, 0.05) is 17.2 Å². The highest BCUT2D eigenvalue weighted by atomic mass is 32.2. The van der Waals surface area contributed by atoms with Crippen LogP contribution >= 0.6 is 11.8 Å². The first-order valence-electron chi connectivity index (χ1n) is 7.48. The van der Waals surface area contributed by atoms with Crippen molar-refractivity contribution in [3.05, 3.63) is 11.7 Å². The molecule has 2 heterocycles. The Morgan fingerprint density at radius 2 is 2.16 bits per heavy atom. The lowest BCUT2D eigenvalue weighted by Crippen LogP contribution is -2.34. The minimum absolute atomic E-state index is 0.453. The fourth-order valence-corrected chi connectivity index (χ4v) is 4.26. The topological polar surface area (TPSA) is 51.0 Å².